The smallest absolute Gasteiger partial charge is 0.259 e. The molecule has 2 amide bonds. The number of benzene rings is 2. The molecule has 1 aliphatic rings. The van der Waals surface area contributed by atoms with E-state index in [1.807, 2.05) is 23.6 Å². The van der Waals surface area contributed by atoms with Gasteiger partial charge in [0.2, 0.25) is 0 Å². The van der Waals surface area contributed by atoms with E-state index in [-0.39, 0.29) is 17.6 Å². The molecule has 32 heavy (non-hydrogen) atoms. The summed E-state index contributed by atoms with van der Waals surface area (Å²) in [6.07, 6.45) is 3.84. The van der Waals surface area contributed by atoms with Crippen LogP contribution in [0.1, 0.15) is 26.3 Å². The van der Waals surface area contributed by atoms with Crippen molar-refractivity contribution in [3.63, 3.8) is 0 Å². The average molecular weight is 444 g/mol. The van der Waals surface area contributed by atoms with Gasteiger partial charge in [-0.05, 0) is 60.5 Å². The fraction of sp³-hybridized carbons (Fsp3) is 0.0833. The first-order valence-electron chi connectivity index (χ1n) is 9.96. The maximum Gasteiger partial charge on any atom is 0.259 e. The molecule has 0 unspecified atom stereocenters. The number of nitrogens with zero attached hydrogens (tertiary/aromatic N) is 3. The Morgan fingerprint density at radius 1 is 1.06 bits per heavy atom. The van der Waals surface area contributed by atoms with Crippen LogP contribution in [0.4, 0.5) is 15.2 Å². The molecule has 0 atom stereocenters. The second kappa shape index (κ2) is 8.32. The minimum Gasteiger partial charge on any atom is -0.308 e. The monoisotopic (exact) mass is 444 g/mol. The number of amides is 2. The number of thiazole rings is 1. The third kappa shape index (κ3) is 3.88. The Morgan fingerprint density at radius 3 is 2.69 bits per heavy atom. The molecule has 0 bridgehead atoms. The summed E-state index contributed by atoms with van der Waals surface area (Å²) in [5.74, 6) is -0.777. The largest absolute Gasteiger partial charge is 0.308 e. The number of hydrogen-bond acceptors (Lipinski definition) is 5. The molecular weight excluding hydrogens is 427 g/mol. The number of anilines is 2. The van der Waals surface area contributed by atoms with Crippen molar-refractivity contribution in [1.29, 1.82) is 0 Å². The van der Waals surface area contributed by atoms with E-state index in [0.717, 1.165) is 28.9 Å². The van der Waals surface area contributed by atoms with Crippen molar-refractivity contribution in [2.45, 2.75) is 6.42 Å². The summed E-state index contributed by atoms with van der Waals surface area (Å²) in [5.41, 5.74) is 4.49. The Kier molecular flexibility index (Phi) is 5.20. The summed E-state index contributed by atoms with van der Waals surface area (Å²) in [4.78, 5) is 35.4. The first kappa shape index (κ1) is 20.0. The fourth-order valence-electron chi connectivity index (χ4n) is 3.65. The molecule has 1 aliphatic heterocycles. The van der Waals surface area contributed by atoms with Crippen LogP contribution in [0.5, 0.6) is 0 Å². The van der Waals surface area contributed by atoms with E-state index in [1.54, 1.807) is 23.2 Å². The highest BCUT2D eigenvalue weighted by atomic mass is 32.1. The van der Waals surface area contributed by atoms with Gasteiger partial charge in [0.15, 0.2) is 5.13 Å². The number of rotatable bonds is 4. The molecule has 2 aromatic heterocycles. The van der Waals surface area contributed by atoms with Crippen LogP contribution in [0, 0.1) is 5.82 Å². The molecule has 0 saturated carbocycles. The van der Waals surface area contributed by atoms with Gasteiger partial charge in [-0.1, -0.05) is 6.07 Å². The lowest BCUT2D eigenvalue weighted by atomic mass is 10.1. The number of hydrogen-bond donors (Lipinski definition) is 1. The summed E-state index contributed by atoms with van der Waals surface area (Å²) in [7, 11) is 0. The zero-order valence-corrected chi connectivity index (χ0v) is 17.6. The molecule has 1 N–H and O–H groups in total. The summed E-state index contributed by atoms with van der Waals surface area (Å²) in [6.45, 7) is 0.568. The highest BCUT2D eigenvalue weighted by molar-refractivity contribution is 7.14. The number of carbonyl (C=O) groups is 2. The van der Waals surface area contributed by atoms with Crippen molar-refractivity contribution in [3.8, 4) is 11.3 Å². The van der Waals surface area contributed by atoms with Crippen LogP contribution in [-0.2, 0) is 6.42 Å². The molecule has 6 nitrogen and oxygen atoms in total. The van der Waals surface area contributed by atoms with Gasteiger partial charge in [0.25, 0.3) is 11.8 Å². The molecule has 0 fully saturated rings. The van der Waals surface area contributed by atoms with E-state index >= 15 is 0 Å². The lowest BCUT2D eigenvalue weighted by Crippen LogP contribution is -2.28. The molecule has 0 aliphatic carbocycles. The second-order valence-corrected chi connectivity index (χ2v) is 8.15. The van der Waals surface area contributed by atoms with Gasteiger partial charge in [-0.15, -0.1) is 11.3 Å². The molecular formula is C24H17FN4O2S. The topological polar surface area (TPSA) is 75.2 Å². The van der Waals surface area contributed by atoms with Crippen molar-refractivity contribution in [2.75, 3.05) is 16.8 Å². The average Bonchev–Trinajstić information content (AvgIpc) is 3.46. The molecule has 2 aromatic carbocycles. The predicted octanol–water partition coefficient (Wildman–Crippen LogP) is 4.80. The van der Waals surface area contributed by atoms with Crippen LogP contribution in [-0.4, -0.2) is 28.3 Å². The van der Waals surface area contributed by atoms with Crippen LogP contribution in [0.3, 0.4) is 0 Å². The van der Waals surface area contributed by atoms with Crippen LogP contribution in [0.2, 0.25) is 0 Å². The van der Waals surface area contributed by atoms with E-state index in [9.17, 15) is 14.0 Å². The number of carbonyl (C=O) groups excluding carboxylic acids is 2. The first-order chi connectivity index (χ1) is 15.6. The van der Waals surface area contributed by atoms with Gasteiger partial charge in [-0.2, -0.15) is 0 Å². The third-order valence-corrected chi connectivity index (χ3v) is 6.01. The second-order valence-electron chi connectivity index (χ2n) is 7.29. The molecule has 8 heteroatoms. The zero-order chi connectivity index (χ0) is 22.1. The summed E-state index contributed by atoms with van der Waals surface area (Å²) in [6, 6.07) is 14.8. The van der Waals surface area contributed by atoms with Gasteiger partial charge in [0.1, 0.15) is 5.82 Å². The van der Waals surface area contributed by atoms with Crippen molar-refractivity contribution in [3.05, 3.63) is 94.9 Å². The predicted molar refractivity (Wildman–Crippen MR) is 122 cm³/mol. The van der Waals surface area contributed by atoms with Gasteiger partial charge in [0, 0.05) is 41.1 Å². The van der Waals surface area contributed by atoms with Crippen LogP contribution in [0.25, 0.3) is 11.3 Å². The van der Waals surface area contributed by atoms with E-state index in [1.165, 1.54) is 41.8 Å². The number of aromatic nitrogens is 2. The standard InChI is InChI=1S/C24H17FN4O2S/c25-19-6-3-15(4-7-19)23(31)29-11-9-17-12-16(5-8-21(17)29)20-14-32-24(27-20)28-22(30)18-2-1-10-26-13-18/h1-8,10,12-14H,9,11H2,(H,27,28,30). The Hall–Kier alpha value is -3.91. The molecule has 5 rings (SSSR count). The van der Waals surface area contributed by atoms with Crippen molar-refractivity contribution in [1.82, 2.24) is 9.97 Å². The van der Waals surface area contributed by atoms with Gasteiger partial charge < -0.3 is 4.90 Å². The highest BCUT2D eigenvalue weighted by Gasteiger charge is 2.26. The molecule has 158 valence electrons. The number of halogens is 1. The number of fused-ring (bicyclic) bond motifs is 1. The van der Waals surface area contributed by atoms with Crippen molar-refractivity contribution < 1.29 is 14.0 Å². The van der Waals surface area contributed by atoms with Crippen LogP contribution < -0.4 is 10.2 Å². The minimum absolute atomic E-state index is 0.148. The van der Waals surface area contributed by atoms with Crippen molar-refractivity contribution >= 4 is 34.0 Å². The highest BCUT2D eigenvalue weighted by Crippen LogP contribution is 2.34. The normalized spacial score (nSPS) is 12.5. The Morgan fingerprint density at radius 2 is 1.91 bits per heavy atom. The SMILES string of the molecule is O=C(Nc1nc(-c2ccc3c(c2)CCN3C(=O)c2ccc(F)cc2)cs1)c1cccnc1. The minimum atomic E-state index is -0.368. The van der Waals surface area contributed by atoms with Crippen LogP contribution in [0.15, 0.2) is 72.4 Å². The number of nitrogens with one attached hydrogen (secondary N) is 1. The number of pyridine rings is 1. The van der Waals surface area contributed by atoms with Crippen molar-refractivity contribution in [2.24, 2.45) is 0 Å². The molecule has 0 spiro atoms. The lowest BCUT2D eigenvalue weighted by molar-refractivity contribution is 0.0987. The Bertz CT molecular complexity index is 1310. The van der Waals surface area contributed by atoms with E-state index in [0.29, 0.717) is 22.8 Å². The first-order valence-corrected chi connectivity index (χ1v) is 10.8. The van der Waals surface area contributed by atoms with E-state index < -0.39 is 0 Å². The van der Waals surface area contributed by atoms with E-state index in [2.05, 4.69) is 15.3 Å². The quantitative estimate of drug-likeness (QED) is 0.491. The fourth-order valence-corrected chi connectivity index (χ4v) is 4.37. The summed E-state index contributed by atoms with van der Waals surface area (Å²) in [5, 5.41) is 5.18. The summed E-state index contributed by atoms with van der Waals surface area (Å²) >= 11 is 1.35. The zero-order valence-electron chi connectivity index (χ0n) is 16.8. The molecule has 0 saturated heterocycles. The van der Waals surface area contributed by atoms with Gasteiger partial charge in [-0.3, -0.25) is 19.9 Å². The lowest BCUT2D eigenvalue weighted by Gasteiger charge is -2.17. The maximum atomic E-state index is 13.2. The van der Waals surface area contributed by atoms with E-state index in [4.69, 9.17) is 0 Å². The third-order valence-electron chi connectivity index (χ3n) is 5.26. The Labute approximate surface area is 187 Å². The molecule has 3 heterocycles. The molecule has 4 aromatic rings. The van der Waals surface area contributed by atoms with Gasteiger partial charge in [-0.25, -0.2) is 9.37 Å². The molecule has 0 radical (unpaired) electrons. The Balaban J connectivity index is 1.33. The van der Waals surface area contributed by atoms with Gasteiger partial charge in [0.05, 0.1) is 11.3 Å². The van der Waals surface area contributed by atoms with Gasteiger partial charge >= 0.3 is 0 Å². The maximum absolute atomic E-state index is 13.2. The van der Waals surface area contributed by atoms with Crippen LogP contribution >= 0.6 is 11.3 Å². The summed E-state index contributed by atoms with van der Waals surface area (Å²) < 4.78 is 13.2.